The maximum absolute atomic E-state index is 12.6. The van der Waals surface area contributed by atoms with E-state index in [-0.39, 0.29) is 11.9 Å². The number of pyridine rings is 1. The molecule has 0 radical (unpaired) electrons. The third kappa shape index (κ3) is 2.82. The first-order valence-corrected chi connectivity index (χ1v) is 7.37. The summed E-state index contributed by atoms with van der Waals surface area (Å²) in [6.45, 7) is 3.94. The number of rotatable bonds is 4. The van der Waals surface area contributed by atoms with Crippen molar-refractivity contribution in [2.75, 3.05) is 19.4 Å². The molecule has 0 spiro atoms. The highest BCUT2D eigenvalue weighted by Gasteiger charge is 2.22. The van der Waals surface area contributed by atoms with Crippen molar-refractivity contribution in [1.29, 1.82) is 0 Å². The fourth-order valence-corrected chi connectivity index (χ4v) is 2.85. The molecule has 1 N–H and O–H groups in total. The molecular weight excluding hydrogens is 270 g/mol. The number of aryl methyl sites for hydroxylation is 1. The van der Waals surface area contributed by atoms with Gasteiger partial charge in [-0.25, -0.2) is 0 Å². The summed E-state index contributed by atoms with van der Waals surface area (Å²) >= 11 is 1.66. The maximum atomic E-state index is 12.6. The van der Waals surface area contributed by atoms with E-state index < -0.39 is 0 Å². The Labute approximate surface area is 123 Å². The van der Waals surface area contributed by atoms with Crippen molar-refractivity contribution in [2.24, 2.45) is 0 Å². The third-order valence-corrected chi connectivity index (χ3v) is 4.44. The van der Waals surface area contributed by atoms with Gasteiger partial charge in [0.15, 0.2) is 0 Å². The lowest BCUT2D eigenvalue weighted by molar-refractivity contribution is 0.0745. The van der Waals surface area contributed by atoms with Crippen molar-refractivity contribution in [1.82, 2.24) is 9.88 Å². The molecular formula is C15H19N3OS. The van der Waals surface area contributed by atoms with Crippen molar-refractivity contribution in [3.8, 4) is 0 Å². The van der Waals surface area contributed by atoms with E-state index in [1.54, 1.807) is 22.4 Å². The van der Waals surface area contributed by atoms with Gasteiger partial charge in [0.05, 0.1) is 17.3 Å². The highest BCUT2D eigenvalue weighted by atomic mass is 32.1. The number of anilines is 1. The maximum Gasteiger partial charge on any atom is 0.257 e. The molecule has 1 atom stereocenters. The quantitative estimate of drug-likeness (QED) is 0.939. The number of hydrogen-bond acceptors (Lipinski definition) is 4. The van der Waals surface area contributed by atoms with E-state index in [2.05, 4.69) is 10.3 Å². The third-order valence-electron chi connectivity index (χ3n) is 3.40. The summed E-state index contributed by atoms with van der Waals surface area (Å²) in [7, 11) is 3.64. The van der Waals surface area contributed by atoms with Gasteiger partial charge in [0, 0.05) is 30.9 Å². The van der Waals surface area contributed by atoms with E-state index in [9.17, 15) is 4.79 Å². The summed E-state index contributed by atoms with van der Waals surface area (Å²) < 4.78 is 0. The number of carbonyl (C=O) groups is 1. The van der Waals surface area contributed by atoms with Crippen LogP contribution in [-0.4, -0.2) is 29.9 Å². The second-order valence-corrected chi connectivity index (χ2v) is 5.71. The largest absolute Gasteiger partial charge is 0.387 e. The minimum atomic E-state index is -0.0252. The summed E-state index contributed by atoms with van der Waals surface area (Å²) in [5, 5.41) is 5.09. The molecule has 0 aliphatic rings. The van der Waals surface area contributed by atoms with Crippen LogP contribution in [0.15, 0.2) is 29.8 Å². The van der Waals surface area contributed by atoms with Crippen molar-refractivity contribution in [3.63, 3.8) is 0 Å². The molecule has 4 nitrogen and oxygen atoms in total. The summed E-state index contributed by atoms with van der Waals surface area (Å²) in [5.41, 5.74) is 2.30. The van der Waals surface area contributed by atoms with Crippen LogP contribution >= 0.6 is 11.3 Å². The van der Waals surface area contributed by atoms with Crippen LogP contribution < -0.4 is 5.32 Å². The molecule has 0 bridgehead atoms. The zero-order valence-corrected chi connectivity index (χ0v) is 13.0. The van der Waals surface area contributed by atoms with Crippen LogP contribution in [0.3, 0.4) is 0 Å². The predicted molar refractivity (Wildman–Crippen MR) is 83.3 cm³/mol. The molecule has 2 aromatic rings. The lowest BCUT2D eigenvalue weighted by atomic mass is 10.1. The fourth-order valence-electron chi connectivity index (χ4n) is 2.02. The SMILES string of the molecule is CNc1cc(C)ncc1C(=O)N(C)C(C)c1cccs1. The lowest BCUT2D eigenvalue weighted by Crippen LogP contribution is -2.30. The van der Waals surface area contributed by atoms with Gasteiger partial charge in [-0.15, -0.1) is 11.3 Å². The van der Waals surface area contributed by atoms with Gasteiger partial charge in [0.1, 0.15) is 0 Å². The molecule has 0 fully saturated rings. The van der Waals surface area contributed by atoms with Crippen LogP contribution in [0.2, 0.25) is 0 Å². The Morgan fingerprint density at radius 3 is 2.85 bits per heavy atom. The molecule has 0 saturated carbocycles. The van der Waals surface area contributed by atoms with Gasteiger partial charge in [-0.05, 0) is 31.4 Å². The van der Waals surface area contributed by atoms with Crippen LogP contribution in [0.25, 0.3) is 0 Å². The van der Waals surface area contributed by atoms with Crippen molar-refractivity contribution in [3.05, 3.63) is 45.9 Å². The zero-order chi connectivity index (χ0) is 14.7. The Morgan fingerprint density at radius 1 is 1.50 bits per heavy atom. The van der Waals surface area contributed by atoms with E-state index in [1.165, 1.54) is 4.88 Å². The number of thiophene rings is 1. The van der Waals surface area contributed by atoms with Gasteiger partial charge < -0.3 is 10.2 Å². The van der Waals surface area contributed by atoms with Crippen molar-refractivity contribution >= 4 is 22.9 Å². The number of aromatic nitrogens is 1. The van der Waals surface area contributed by atoms with Gasteiger partial charge in [-0.1, -0.05) is 6.07 Å². The first kappa shape index (κ1) is 14.5. The zero-order valence-electron chi connectivity index (χ0n) is 12.2. The highest BCUT2D eigenvalue weighted by molar-refractivity contribution is 7.10. The molecule has 1 unspecified atom stereocenters. The molecule has 2 aromatic heterocycles. The monoisotopic (exact) mass is 289 g/mol. The number of nitrogens with zero attached hydrogens (tertiary/aromatic N) is 2. The first-order chi connectivity index (χ1) is 9.54. The minimum absolute atomic E-state index is 0.0252. The average molecular weight is 289 g/mol. The van der Waals surface area contributed by atoms with Gasteiger partial charge in [-0.2, -0.15) is 0 Å². The first-order valence-electron chi connectivity index (χ1n) is 6.49. The topological polar surface area (TPSA) is 45.2 Å². The van der Waals surface area contributed by atoms with Gasteiger partial charge in [0.25, 0.3) is 5.91 Å². The Kier molecular flexibility index (Phi) is 4.39. The molecule has 20 heavy (non-hydrogen) atoms. The highest BCUT2D eigenvalue weighted by Crippen LogP contribution is 2.26. The van der Waals surface area contributed by atoms with E-state index in [0.717, 1.165) is 11.4 Å². The number of hydrogen-bond donors (Lipinski definition) is 1. The predicted octanol–water partition coefficient (Wildman–Crippen LogP) is 3.33. The smallest absolute Gasteiger partial charge is 0.257 e. The van der Waals surface area contributed by atoms with Gasteiger partial charge in [0.2, 0.25) is 0 Å². The average Bonchev–Trinajstić information content (AvgIpc) is 2.99. The Balaban J connectivity index is 2.27. The van der Waals surface area contributed by atoms with Crippen LogP contribution in [0.4, 0.5) is 5.69 Å². The van der Waals surface area contributed by atoms with E-state index >= 15 is 0 Å². The molecule has 106 valence electrons. The summed E-state index contributed by atoms with van der Waals surface area (Å²) in [6.07, 6.45) is 1.64. The molecule has 5 heteroatoms. The molecule has 0 aliphatic carbocycles. The van der Waals surface area contributed by atoms with Crippen LogP contribution in [-0.2, 0) is 0 Å². The molecule has 1 amide bonds. The molecule has 2 rings (SSSR count). The molecule has 2 heterocycles. The van der Waals surface area contributed by atoms with E-state index in [4.69, 9.17) is 0 Å². The molecule has 0 aliphatic heterocycles. The lowest BCUT2D eigenvalue weighted by Gasteiger charge is -2.25. The summed E-state index contributed by atoms with van der Waals surface area (Å²) in [5.74, 6) is -0.0252. The fraction of sp³-hybridized carbons (Fsp3) is 0.333. The van der Waals surface area contributed by atoms with Gasteiger partial charge in [-0.3, -0.25) is 9.78 Å². The Morgan fingerprint density at radius 2 is 2.25 bits per heavy atom. The molecule has 0 saturated heterocycles. The molecule has 0 aromatic carbocycles. The van der Waals surface area contributed by atoms with E-state index in [1.807, 2.05) is 51.5 Å². The van der Waals surface area contributed by atoms with Crippen molar-refractivity contribution < 1.29 is 4.79 Å². The Hall–Kier alpha value is -1.88. The van der Waals surface area contributed by atoms with E-state index in [0.29, 0.717) is 5.56 Å². The summed E-state index contributed by atoms with van der Waals surface area (Å²) in [6, 6.07) is 5.98. The second-order valence-electron chi connectivity index (χ2n) is 4.73. The number of amides is 1. The standard InChI is InChI=1S/C15H19N3OS/c1-10-8-13(16-3)12(9-17-10)15(19)18(4)11(2)14-6-5-7-20-14/h5-9,11H,1-4H3,(H,16,17). The number of nitrogens with one attached hydrogen (secondary N) is 1. The number of carbonyl (C=O) groups excluding carboxylic acids is 1. The van der Waals surface area contributed by atoms with Crippen LogP contribution in [0.5, 0.6) is 0 Å². The second kappa shape index (κ2) is 6.05. The normalized spacial score (nSPS) is 12.0. The minimum Gasteiger partial charge on any atom is -0.387 e. The summed E-state index contributed by atoms with van der Waals surface area (Å²) in [4.78, 5) is 19.8. The van der Waals surface area contributed by atoms with Gasteiger partial charge >= 0.3 is 0 Å². The van der Waals surface area contributed by atoms with Crippen LogP contribution in [0, 0.1) is 6.92 Å². The van der Waals surface area contributed by atoms with Crippen LogP contribution in [0.1, 0.15) is 33.9 Å². The Bertz CT molecular complexity index is 595. The van der Waals surface area contributed by atoms with Crippen molar-refractivity contribution in [2.45, 2.75) is 19.9 Å².